The zero-order valence-corrected chi connectivity index (χ0v) is 12.5. The van der Waals surface area contributed by atoms with Crippen LogP contribution in [0.1, 0.15) is 18.4 Å². The van der Waals surface area contributed by atoms with Crippen molar-refractivity contribution >= 4 is 10.0 Å². The van der Waals surface area contributed by atoms with Gasteiger partial charge in [-0.3, -0.25) is 0 Å². The highest BCUT2D eigenvalue weighted by molar-refractivity contribution is 7.89. The number of hydrogen-bond donors (Lipinski definition) is 1. The van der Waals surface area contributed by atoms with E-state index in [1.165, 1.54) is 7.05 Å². The first-order valence-electron chi connectivity index (χ1n) is 6.62. The van der Waals surface area contributed by atoms with E-state index < -0.39 is 38.7 Å². The topological polar surface area (TPSA) is 72.6 Å². The summed E-state index contributed by atoms with van der Waals surface area (Å²) in [6, 6.07) is 1.84. The van der Waals surface area contributed by atoms with Crippen LogP contribution in [0.2, 0.25) is 0 Å². The molecule has 0 bridgehead atoms. The van der Waals surface area contributed by atoms with Crippen molar-refractivity contribution in [1.82, 2.24) is 4.31 Å². The first-order chi connectivity index (χ1) is 9.87. The first-order valence-corrected chi connectivity index (χ1v) is 8.06. The summed E-state index contributed by atoms with van der Waals surface area (Å²) in [4.78, 5) is -0.565. The van der Waals surface area contributed by atoms with Crippen LogP contribution < -0.4 is 5.73 Å². The normalized spacial score (nSPS) is 19.4. The fourth-order valence-corrected chi connectivity index (χ4v) is 3.59. The maximum atomic E-state index is 14.1. The third kappa shape index (κ3) is 3.23. The molecular weight excluding hydrogens is 302 g/mol. The average Bonchev–Trinajstić information content (AvgIpc) is 2.91. The Morgan fingerprint density at radius 3 is 2.71 bits per heavy atom. The lowest BCUT2D eigenvalue weighted by Gasteiger charge is -2.21. The van der Waals surface area contributed by atoms with Gasteiger partial charge in [-0.05, 0) is 25.0 Å². The van der Waals surface area contributed by atoms with Crippen molar-refractivity contribution in [3.8, 4) is 0 Å². The molecule has 2 rings (SSSR count). The molecule has 0 spiro atoms. The number of likely N-dealkylation sites (N-methyl/N-ethyl adjacent to an activating group) is 1. The van der Waals surface area contributed by atoms with Gasteiger partial charge in [0.05, 0.1) is 6.10 Å². The fraction of sp³-hybridized carbons (Fsp3) is 0.538. The van der Waals surface area contributed by atoms with Crippen molar-refractivity contribution in [2.75, 3.05) is 20.2 Å². The van der Waals surface area contributed by atoms with Crippen molar-refractivity contribution in [3.63, 3.8) is 0 Å². The second-order valence-corrected chi connectivity index (χ2v) is 6.98. The Morgan fingerprint density at radius 2 is 2.14 bits per heavy atom. The summed E-state index contributed by atoms with van der Waals surface area (Å²) in [6.07, 6.45) is 1.45. The van der Waals surface area contributed by atoms with E-state index in [4.69, 9.17) is 10.5 Å². The van der Waals surface area contributed by atoms with Gasteiger partial charge in [0.1, 0.15) is 10.7 Å². The summed E-state index contributed by atoms with van der Waals surface area (Å²) < 4.78 is 58.7. The van der Waals surface area contributed by atoms with Crippen molar-refractivity contribution in [2.24, 2.45) is 5.73 Å². The Hall–Kier alpha value is -1.09. The largest absolute Gasteiger partial charge is 0.377 e. The zero-order valence-electron chi connectivity index (χ0n) is 11.7. The van der Waals surface area contributed by atoms with Gasteiger partial charge in [0.25, 0.3) is 0 Å². The Bertz CT molecular complexity index is 616. The predicted molar refractivity (Wildman–Crippen MR) is 73.0 cm³/mol. The maximum absolute atomic E-state index is 14.1. The molecule has 8 heteroatoms. The van der Waals surface area contributed by atoms with Gasteiger partial charge in [-0.2, -0.15) is 4.31 Å². The SMILES string of the molecule is CN(CC1CCCO1)S(=O)(=O)c1ccc(F)c(CN)c1F. The maximum Gasteiger partial charge on any atom is 0.245 e. The highest BCUT2D eigenvalue weighted by Crippen LogP contribution is 2.24. The Morgan fingerprint density at radius 1 is 1.43 bits per heavy atom. The lowest BCUT2D eigenvalue weighted by atomic mass is 10.2. The van der Waals surface area contributed by atoms with Crippen molar-refractivity contribution in [1.29, 1.82) is 0 Å². The third-order valence-corrected chi connectivity index (χ3v) is 5.37. The molecule has 1 atom stereocenters. The van der Waals surface area contributed by atoms with Gasteiger partial charge in [0, 0.05) is 32.3 Å². The molecule has 0 aliphatic carbocycles. The molecule has 0 radical (unpaired) electrons. The van der Waals surface area contributed by atoms with Gasteiger partial charge in [-0.15, -0.1) is 0 Å². The Labute approximate surface area is 122 Å². The first kappa shape index (κ1) is 16.3. The molecule has 2 N–H and O–H groups in total. The number of halogens is 2. The van der Waals surface area contributed by atoms with Crippen LogP contribution in [0.15, 0.2) is 17.0 Å². The van der Waals surface area contributed by atoms with Crippen LogP contribution in [0.4, 0.5) is 8.78 Å². The number of rotatable bonds is 5. The predicted octanol–water partition coefficient (Wildman–Crippen LogP) is 1.22. The molecule has 0 aromatic heterocycles. The minimum Gasteiger partial charge on any atom is -0.377 e. The van der Waals surface area contributed by atoms with Crippen LogP contribution in [0, 0.1) is 11.6 Å². The Kier molecular flexibility index (Phi) is 4.92. The molecule has 21 heavy (non-hydrogen) atoms. The molecular formula is C13H18F2N2O3S. The van der Waals surface area contributed by atoms with Gasteiger partial charge < -0.3 is 10.5 Å². The highest BCUT2D eigenvalue weighted by atomic mass is 32.2. The molecule has 1 aliphatic heterocycles. The van der Waals surface area contributed by atoms with E-state index in [1.54, 1.807) is 0 Å². The van der Waals surface area contributed by atoms with E-state index in [9.17, 15) is 17.2 Å². The smallest absolute Gasteiger partial charge is 0.245 e. The monoisotopic (exact) mass is 320 g/mol. The minimum atomic E-state index is -4.05. The fourth-order valence-electron chi connectivity index (χ4n) is 2.30. The van der Waals surface area contributed by atoms with Gasteiger partial charge in [0.15, 0.2) is 5.82 Å². The Balaban J connectivity index is 2.30. The zero-order chi connectivity index (χ0) is 15.6. The second-order valence-electron chi connectivity index (χ2n) is 4.96. The van der Waals surface area contributed by atoms with E-state index in [0.717, 1.165) is 29.3 Å². The summed E-state index contributed by atoms with van der Waals surface area (Å²) >= 11 is 0. The van der Waals surface area contributed by atoms with Crippen molar-refractivity contribution in [3.05, 3.63) is 29.3 Å². The number of hydrogen-bond acceptors (Lipinski definition) is 4. The van der Waals surface area contributed by atoms with E-state index in [1.807, 2.05) is 0 Å². The lowest BCUT2D eigenvalue weighted by molar-refractivity contribution is 0.0978. The highest BCUT2D eigenvalue weighted by Gasteiger charge is 2.29. The summed E-state index contributed by atoms with van der Waals surface area (Å²) in [5.74, 6) is -1.98. The van der Waals surface area contributed by atoms with Gasteiger partial charge in [-0.1, -0.05) is 0 Å². The molecule has 1 aromatic carbocycles. The summed E-state index contributed by atoms with van der Waals surface area (Å²) in [6.45, 7) is 0.328. The van der Waals surface area contributed by atoms with Crippen LogP contribution in [0.3, 0.4) is 0 Å². The van der Waals surface area contributed by atoms with Crippen LogP contribution in [0.25, 0.3) is 0 Å². The number of benzene rings is 1. The quantitative estimate of drug-likeness (QED) is 0.885. The molecule has 1 heterocycles. The molecule has 0 amide bonds. The van der Waals surface area contributed by atoms with Crippen LogP contribution in [0.5, 0.6) is 0 Å². The van der Waals surface area contributed by atoms with Crippen LogP contribution >= 0.6 is 0 Å². The summed E-state index contributed by atoms with van der Waals surface area (Å²) in [7, 11) is -2.70. The number of nitrogens with two attached hydrogens (primary N) is 1. The van der Waals surface area contributed by atoms with Crippen molar-refractivity contribution < 1.29 is 21.9 Å². The molecule has 0 saturated carbocycles. The summed E-state index contributed by atoms with van der Waals surface area (Å²) in [5, 5.41) is 0. The molecule has 1 aromatic rings. The van der Waals surface area contributed by atoms with E-state index >= 15 is 0 Å². The summed E-state index contributed by atoms with van der Waals surface area (Å²) in [5.41, 5.74) is 4.83. The molecule has 1 unspecified atom stereocenters. The standard InChI is InChI=1S/C13H18F2N2O3S/c1-17(8-9-3-2-6-20-9)21(18,19)12-5-4-11(14)10(7-16)13(12)15/h4-5,9H,2-3,6-8,16H2,1H3. The second kappa shape index (κ2) is 6.35. The number of nitrogens with zero attached hydrogens (tertiary/aromatic N) is 1. The van der Waals surface area contributed by atoms with E-state index in [-0.39, 0.29) is 12.6 Å². The van der Waals surface area contributed by atoms with Crippen LogP contribution in [-0.4, -0.2) is 39.0 Å². The molecule has 1 saturated heterocycles. The average molecular weight is 320 g/mol. The minimum absolute atomic E-state index is 0.136. The molecule has 1 aliphatic rings. The van der Waals surface area contributed by atoms with Gasteiger partial charge in [0.2, 0.25) is 10.0 Å². The molecule has 118 valence electrons. The molecule has 1 fully saturated rings. The van der Waals surface area contributed by atoms with Crippen molar-refractivity contribution in [2.45, 2.75) is 30.4 Å². The van der Waals surface area contributed by atoms with E-state index in [2.05, 4.69) is 0 Å². The molecule has 5 nitrogen and oxygen atoms in total. The van der Waals surface area contributed by atoms with E-state index in [0.29, 0.717) is 6.61 Å². The lowest BCUT2D eigenvalue weighted by Crippen LogP contribution is -2.34. The van der Waals surface area contributed by atoms with Crippen LogP contribution in [-0.2, 0) is 21.3 Å². The van der Waals surface area contributed by atoms with Gasteiger partial charge >= 0.3 is 0 Å². The van der Waals surface area contributed by atoms with Gasteiger partial charge in [-0.25, -0.2) is 17.2 Å². The number of ether oxygens (including phenoxy) is 1. The number of sulfonamides is 1. The third-order valence-electron chi connectivity index (χ3n) is 3.53.